The Balaban J connectivity index is 1.21. The van der Waals surface area contributed by atoms with Gasteiger partial charge in [0.25, 0.3) is 0 Å². The van der Waals surface area contributed by atoms with Crippen molar-refractivity contribution in [3.05, 3.63) is 113 Å². The fourth-order valence-corrected chi connectivity index (χ4v) is 8.32. The molecule has 5 heterocycles. The summed E-state index contributed by atoms with van der Waals surface area (Å²) in [5.41, 5.74) is 6.33. The minimum Gasteiger partial charge on any atom is -0.481 e. The number of rotatable bonds is 9. The second kappa shape index (κ2) is 13.9. The Bertz CT molecular complexity index is 2330. The molecule has 11 heteroatoms. The van der Waals surface area contributed by atoms with Crippen molar-refractivity contribution >= 4 is 39.4 Å². The average molecular weight is 710 g/mol. The Morgan fingerprint density at radius 3 is 2.75 bits per heavy atom. The van der Waals surface area contributed by atoms with Gasteiger partial charge in [-0.1, -0.05) is 43.3 Å². The van der Waals surface area contributed by atoms with Gasteiger partial charge in [-0.2, -0.15) is 5.26 Å². The van der Waals surface area contributed by atoms with Gasteiger partial charge in [-0.05, 0) is 91.4 Å². The Morgan fingerprint density at radius 2 is 2.00 bits per heavy atom. The number of nitrogens with one attached hydrogen (secondary N) is 1. The Labute approximate surface area is 308 Å². The number of allylic oxidation sites excluding steroid dienone is 2. The van der Waals surface area contributed by atoms with Crippen molar-refractivity contribution in [1.29, 1.82) is 5.26 Å². The molecule has 11 nitrogen and oxygen atoms in total. The van der Waals surface area contributed by atoms with Crippen LogP contribution in [0.3, 0.4) is 0 Å². The zero-order chi connectivity index (χ0) is 36.9. The first-order valence-electron chi connectivity index (χ1n) is 18.3. The molecular formula is C42H43N7O4. The van der Waals surface area contributed by atoms with E-state index in [4.69, 9.17) is 19.4 Å². The minimum absolute atomic E-state index is 0.103. The number of aromatic nitrogens is 3. The first-order chi connectivity index (χ1) is 25.6. The van der Waals surface area contributed by atoms with E-state index < -0.39 is 11.5 Å². The van der Waals surface area contributed by atoms with Crippen molar-refractivity contribution in [1.82, 2.24) is 24.8 Å². The number of hydrogen-bond acceptors (Lipinski definition) is 10. The van der Waals surface area contributed by atoms with Crippen molar-refractivity contribution in [2.45, 2.75) is 57.8 Å². The van der Waals surface area contributed by atoms with Crippen LogP contribution in [0.1, 0.15) is 66.4 Å². The highest BCUT2D eigenvalue weighted by Crippen LogP contribution is 2.46. The highest BCUT2D eigenvalue weighted by atomic mass is 16.4. The number of carbonyl (C=O) groups is 1. The number of hydrogen-bond donors (Lipinski definition) is 3. The molecule has 53 heavy (non-hydrogen) atoms. The zero-order valence-corrected chi connectivity index (χ0v) is 30.2. The number of pyridine rings is 2. The quantitative estimate of drug-likeness (QED) is 0.152. The van der Waals surface area contributed by atoms with Gasteiger partial charge in [0.15, 0.2) is 11.4 Å². The van der Waals surface area contributed by atoms with E-state index in [-0.39, 0.29) is 24.0 Å². The second-order valence-electron chi connectivity index (χ2n) is 14.8. The summed E-state index contributed by atoms with van der Waals surface area (Å²) in [5.74, 6) is -0.400. The summed E-state index contributed by atoms with van der Waals surface area (Å²) in [6.45, 7) is 9.55. The van der Waals surface area contributed by atoms with Gasteiger partial charge in [-0.25, -0.2) is 9.97 Å². The summed E-state index contributed by atoms with van der Waals surface area (Å²) in [6, 6.07) is 18.6. The minimum atomic E-state index is -1.03. The highest BCUT2D eigenvalue weighted by molar-refractivity contribution is 5.89. The number of aryl methyl sites for hydroxylation is 1. The third kappa shape index (κ3) is 6.37. The molecule has 3 N–H and O–H groups in total. The fourth-order valence-electron chi connectivity index (χ4n) is 8.32. The number of aliphatic hydroxyl groups is 1. The predicted molar refractivity (Wildman–Crippen MR) is 203 cm³/mol. The van der Waals surface area contributed by atoms with Crippen LogP contribution in [0.25, 0.3) is 27.6 Å². The zero-order valence-electron chi connectivity index (χ0n) is 30.2. The number of fused-ring (bicyclic) bond motifs is 2. The number of likely N-dealkylation sites (tertiary alicyclic amines) is 2. The number of aliphatic carboxylic acids is 1. The van der Waals surface area contributed by atoms with Gasteiger partial charge in [0.1, 0.15) is 22.6 Å². The van der Waals surface area contributed by atoms with Crippen molar-refractivity contribution in [3.8, 4) is 6.07 Å². The molecular weight excluding hydrogens is 667 g/mol. The van der Waals surface area contributed by atoms with Crippen molar-refractivity contribution < 1.29 is 19.4 Å². The Kier molecular flexibility index (Phi) is 9.06. The molecule has 2 aromatic carbocycles. The molecule has 0 spiro atoms. The van der Waals surface area contributed by atoms with E-state index in [1.807, 2.05) is 42.6 Å². The summed E-state index contributed by atoms with van der Waals surface area (Å²) in [6.07, 6.45) is 11.0. The number of benzene rings is 2. The normalized spacial score (nSPS) is 24.1. The second-order valence-corrected chi connectivity index (χ2v) is 14.8. The molecule has 0 bridgehead atoms. The molecule has 1 aliphatic carbocycles. The van der Waals surface area contributed by atoms with E-state index in [0.717, 1.165) is 46.2 Å². The van der Waals surface area contributed by atoms with Gasteiger partial charge in [-0.15, -0.1) is 0 Å². The lowest BCUT2D eigenvalue weighted by molar-refractivity contribution is -0.141. The van der Waals surface area contributed by atoms with Crippen LogP contribution in [0.15, 0.2) is 83.6 Å². The molecule has 270 valence electrons. The number of nitrogens with zero attached hydrogens (tertiary/aromatic N) is 6. The van der Waals surface area contributed by atoms with Crippen LogP contribution in [0.4, 0.5) is 5.82 Å². The van der Waals surface area contributed by atoms with Crippen LogP contribution >= 0.6 is 0 Å². The van der Waals surface area contributed by atoms with Crippen LogP contribution in [0, 0.1) is 30.1 Å². The molecule has 2 aliphatic heterocycles. The lowest BCUT2D eigenvalue weighted by atomic mass is 9.73. The molecule has 8 rings (SSSR count). The van der Waals surface area contributed by atoms with Crippen LogP contribution < -0.4 is 5.32 Å². The maximum atomic E-state index is 11.6. The number of aliphatic hydroxyl groups excluding tert-OH is 1. The topological polar surface area (TPSA) is 152 Å². The van der Waals surface area contributed by atoms with Gasteiger partial charge in [0.05, 0.1) is 17.6 Å². The first kappa shape index (κ1) is 34.7. The molecule has 5 atom stereocenters. The molecule has 0 amide bonds. The monoisotopic (exact) mass is 709 g/mol. The highest BCUT2D eigenvalue weighted by Gasteiger charge is 2.45. The summed E-state index contributed by atoms with van der Waals surface area (Å²) >= 11 is 0. The Morgan fingerprint density at radius 1 is 1.15 bits per heavy atom. The molecule has 3 aromatic heterocycles. The number of carboxylic acids is 1. The van der Waals surface area contributed by atoms with E-state index in [1.165, 1.54) is 0 Å². The summed E-state index contributed by atoms with van der Waals surface area (Å²) < 4.78 is 6.65. The number of β-amino-alcohol motifs (C(OH)–C–C–N with tert-alkyl or cyclic N) is 1. The van der Waals surface area contributed by atoms with Crippen LogP contribution in [-0.4, -0.2) is 73.2 Å². The number of nitriles is 1. The van der Waals surface area contributed by atoms with Crippen molar-refractivity contribution in [2.24, 2.45) is 11.8 Å². The molecule has 5 aromatic rings. The van der Waals surface area contributed by atoms with E-state index in [0.29, 0.717) is 66.5 Å². The lowest BCUT2D eigenvalue weighted by Crippen LogP contribution is -2.42. The van der Waals surface area contributed by atoms with Gasteiger partial charge < -0.3 is 19.9 Å². The summed E-state index contributed by atoms with van der Waals surface area (Å²) in [5, 5.41) is 34.7. The van der Waals surface area contributed by atoms with Crippen LogP contribution in [-0.2, 0) is 16.9 Å². The molecule has 3 aliphatic rings. The number of anilines is 1. The largest absolute Gasteiger partial charge is 0.481 e. The van der Waals surface area contributed by atoms with E-state index >= 15 is 0 Å². The van der Waals surface area contributed by atoms with E-state index in [1.54, 1.807) is 6.20 Å². The van der Waals surface area contributed by atoms with Crippen molar-refractivity contribution in [3.63, 3.8) is 0 Å². The van der Waals surface area contributed by atoms with Gasteiger partial charge >= 0.3 is 5.97 Å². The first-order valence-corrected chi connectivity index (χ1v) is 18.3. The molecule has 2 fully saturated rings. The number of oxazole rings is 1. The van der Waals surface area contributed by atoms with Gasteiger partial charge in [-0.3, -0.25) is 19.6 Å². The smallest absolute Gasteiger partial charge is 0.307 e. The van der Waals surface area contributed by atoms with Crippen molar-refractivity contribution in [2.75, 3.05) is 31.5 Å². The summed E-state index contributed by atoms with van der Waals surface area (Å²) in [4.78, 5) is 30.9. The van der Waals surface area contributed by atoms with Crippen LogP contribution in [0.2, 0.25) is 0 Å². The third-order valence-electron chi connectivity index (χ3n) is 11.5. The lowest BCUT2D eigenvalue weighted by Gasteiger charge is -2.39. The molecule has 2 saturated heterocycles. The molecule has 3 unspecified atom stereocenters. The summed E-state index contributed by atoms with van der Waals surface area (Å²) in [7, 11) is 0. The molecule has 0 radical (unpaired) electrons. The fraction of sp³-hybridized carbons (Fsp3) is 0.357. The predicted octanol–water partition coefficient (Wildman–Crippen LogP) is 6.58. The van der Waals surface area contributed by atoms with E-state index in [2.05, 4.69) is 72.3 Å². The third-order valence-corrected chi connectivity index (χ3v) is 11.5. The van der Waals surface area contributed by atoms with E-state index in [9.17, 15) is 20.3 Å². The maximum Gasteiger partial charge on any atom is 0.307 e. The van der Waals surface area contributed by atoms with Gasteiger partial charge in [0.2, 0.25) is 5.89 Å². The molecule has 0 saturated carbocycles. The van der Waals surface area contributed by atoms with Gasteiger partial charge in [0, 0.05) is 55.9 Å². The average Bonchev–Trinajstić information content (AvgIpc) is 3.93. The standard InChI is InChI=1S/C42H43N7O4/c1-25-7-4-5-8-34(25)35-9-6-13-42(26(35)2,47-39-37-29(10-14-44-39)19-32(21-45-37)27(3)49-16-12-33(50)24-49)41-46-36-18-28(17-31(20-43)38(36)53-41)22-48-15-11-30(23-48)40(51)52/h4-10,13-14,17-19,21,26-27,30,33,50H,11-12,15-16,22-24H2,1-3H3,(H,44,47)(H,51,52)/t26?,27?,30-,33-,42?/m1/s1. The van der Waals surface area contributed by atoms with Crippen LogP contribution in [0.5, 0.6) is 0 Å². The maximum absolute atomic E-state index is 11.6. The number of carboxylic acid groups (broad SMARTS) is 1. The Hall–Kier alpha value is -5.41. The SMILES string of the molecule is Cc1ccccc1C1=CC=CC(Nc2nccc3cc(C(C)N4CC[C@@H](O)C4)cnc23)(c2nc3cc(CN4CC[C@@H](C(=O)O)C4)cc(C#N)c3o2)C1C.